The lowest BCUT2D eigenvalue weighted by molar-refractivity contribution is -0.118. The van der Waals surface area contributed by atoms with Crippen molar-refractivity contribution in [1.82, 2.24) is 14.8 Å². The van der Waals surface area contributed by atoms with Crippen LogP contribution < -0.4 is 10.1 Å². The number of carbonyl (C=O) groups excluding carboxylic acids is 1. The highest BCUT2D eigenvalue weighted by Gasteiger charge is 2.20. The first-order valence-electron chi connectivity index (χ1n) is 8.60. The normalized spacial score (nSPS) is 14.7. The van der Waals surface area contributed by atoms with Crippen molar-refractivity contribution in [1.29, 1.82) is 0 Å². The summed E-state index contributed by atoms with van der Waals surface area (Å²) in [6.07, 6.45) is 8.16. The number of nitrogens with one attached hydrogen (secondary N) is 1. The lowest BCUT2D eigenvalue weighted by Crippen LogP contribution is -2.23. The van der Waals surface area contributed by atoms with Gasteiger partial charge in [-0.25, -0.2) is 4.68 Å². The van der Waals surface area contributed by atoms with Crippen LogP contribution in [0.2, 0.25) is 0 Å². The summed E-state index contributed by atoms with van der Waals surface area (Å²) in [5, 5.41) is 8.24. The molecule has 0 spiro atoms. The number of hydrogen-bond donors (Lipinski definition) is 1. The number of aromatic nitrogens is 3. The van der Waals surface area contributed by atoms with Crippen LogP contribution in [0.1, 0.15) is 31.7 Å². The Morgan fingerprint density at radius 2 is 2.08 bits per heavy atom. The molecule has 1 aliphatic carbocycles. The summed E-state index contributed by atoms with van der Waals surface area (Å²) in [6, 6.07) is 11.7. The maximum atomic E-state index is 12.2. The highest BCUT2D eigenvalue weighted by atomic mass is 16.5. The maximum absolute atomic E-state index is 12.2. The topological polar surface area (TPSA) is 69.0 Å². The number of amides is 1. The predicted molar refractivity (Wildman–Crippen MR) is 95.6 cm³/mol. The summed E-state index contributed by atoms with van der Waals surface area (Å²) in [6.45, 7) is -0.0401. The Balaban J connectivity index is 1.38. The Kier molecular flexibility index (Phi) is 4.33. The van der Waals surface area contributed by atoms with Gasteiger partial charge in [0.1, 0.15) is 11.6 Å². The van der Waals surface area contributed by atoms with Crippen molar-refractivity contribution in [3.63, 3.8) is 0 Å². The second kappa shape index (κ2) is 6.93. The summed E-state index contributed by atoms with van der Waals surface area (Å²) in [5.41, 5.74) is 0.903. The van der Waals surface area contributed by atoms with Crippen LogP contribution in [0.5, 0.6) is 5.75 Å². The van der Waals surface area contributed by atoms with E-state index in [2.05, 4.69) is 15.4 Å². The third kappa shape index (κ3) is 3.47. The van der Waals surface area contributed by atoms with Crippen molar-refractivity contribution in [2.24, 2.45) is 0 Å². The van der Waals surface area contributed by atoms with E-state index >= 15 is 0 Å². The lowest BCUT2D eigenvalue weighted by atomic mass is 10.2. The molecular weight excluding hydrogens is 316 g/mol. The van der Waals surface area contributed by atoms with E-state index in [1.54, 1.807) is 12.4 Å². The van der Waals surface area contributed by atoms with Crippen molar-refractivity contribution in [3.8, 4) is 5.75 Å². The Morgan fingerprint density at radius 3 is 2.96 bits per heavy atom. The van der Waals surface area contributed by atoms with Gasteiger partial charge < -0.3 is 10.1 Å². The minimum absolute atomic E-state index is 0.0401. The number of nitrogens with zero attached hydrogens (tertiary/aromatic N) is 3. The zero-order valence-corrected chi connectivity index (χ0v) is 13.9. The minimum Gasteiger partial charge on any atom is -0.484 e. The quantitative estimate of drug-likeness (QED) is 0.773. The molecule has 0 saturated heterocycles. The second-order valence-electron chi connectivity index (χ2n) is 6.29. The highest BCUT2D eigenvalue weighted by molar-refractivity contribution is 5.91. The van der Waals surface area contributed by atoms with E-state index in [4.69, 9.17) is 4.74 Å². The standard InChI is InChI=1S/C19H20N4O2/c24-19(22-18-9-11-21-23(18)15-5-1-2-6-15)13-25-16-7-8-17-14(12-16)4-3-10-20-17/h3-4,7-12,15H,1-2,5-6,13H2,(H,22,24). The molecule has 1 fully saturated rings. The molecular formula is C19H20N4O2. The number of ether oxygens (including phenoxy) is 1. The first-order chi connectivity index (χ1) is 12.3. The Labute approximate surface area is 145 Å². The molecule has 3 aromatic rings. The zero-order chi connectivity index (χ0) is 17.1. The number of carbonyl (C=O) groups is 1. The SMILES string of the molecule is O=C(COc1ccc2ncccc2c1)Nc1ccnn1C1CCCC1. The summed E-state index contributed by atoms with van der Waals surface area (Å²) in [4.78, 5) is 16.5. The molecule has 0 radical (unpaired) electrons. The van der Waals surface area contributed by atoms with Crippen LogP contribution in [-0.2, 0) is 4.79 Å². The molecule has 1 aliphatic rings. The molecule has 0 atom stereocenters. The highest BCUT2D eigenvalue weighted by Crippen LogP contribution is 2.31. The van der Waals surface area contributed by atoms with Gasteiger partial charge in [-0.2, -0.15) is 5.10 Å². The molecule has 0 aliphatic heterocycles. The average molecular weight is 336 g/mol. The Hall–Kier alpha value is -2.89. The summed E-state index contributed by atoms with van der Waals surface area (Å²) in [5.74, 6) is 1.20. The average Bonchev–Trinajstić information content (AvgIpc) is 3.31. The van der Waals surface area contributed by atoms with Gasteiger partial charge in [0.25, 0.3) is 5.91 Å². The van der Waals surface area contributed by atoms with Crippen LogP contribution in [0.4, 0.5) is 5.82 Å². The molecule has 4 rings (SSSR count). The third-order valence-electron chi connectivity index (χ3n) is 4.55. The largest absolute Gasteiger partial charge is 0.484 e. The molecule has 1 N–H and O–H groups in total. The van der Waals surface area contributed by atoms with Gasteiger partial charge in [-0.15, -0.1) is 0 Å². The van der Waals surface area contributed by atoms with E-state index in [0.29, 0.717) is 11.8 Å². The van der Waals surface area contributed by atoms with Crippen LogP contribution in [0.15, 0.2) is 48.8 Å². The maximum Gasteiger partial charge on any atom is 0.263 e. The van der Waals surface area contributed by atoms with Gasteiger partial charge in [-0.3, -0.25) is 9.78 Å². The number of rotatable bonds is 5. The van der Waals surface area contributed by atoms with Gasteiger partial charge in [0, 0.05) is 17.6 Å². The van der Waals surface area contributed by atoms with Crippen LogP contribution in [-0.4, -0.2) is 27.3 Å². The fraction of sp³-hybridized carbons (Fsp3) is 0.316. The van der Waals surface area contributed by atoms with E-state index in [-0.39, 0.29) is 12.5 Å². The van der Waals surface area contributed by atoms with Gasteiger partial charge in [-0.05, 0) is 37.1 Å². The van der Waals surface area contributed by atoms with Crippen molar-refractivity contribution < 1.29 is 9.53 Å². The van der Waals surface area contributed by atoms with Gasteiger partial charge in [0.05, 0.1) is 17.8 Å². The van der Waals surface area contributed by atoms with Gasteiger partial charge in [0.2, 0.25) is 0 Å². The van der Waals surface area contributed by atoms with E-state index < -0.39 is 0 Å². The van der Waals surface area contributed by atoms with E-state index in [9.17, 15) is 4.79 Å². The van der Waals surface area contributed by atoms with Crippen LogP contribution in [0, 0.1) is 0 Å². The molecule has 0 unspecified atom stereocenters. The second-order valence-corrected chi connectivity index (χ2v) is 6.29. The molecule has 1 aromatic carbocycles. The van der Waals surface area contributed by atoms with Crippen molar-refractivity contribution in [2.45, 2.75) is 31.7 Å². The smallest absolute Gasteiger partial charge is 0.263 e. The van der Waals surface area contributed by atoms with Gasteiger partial charge >= 0.3 is 0 Å². The Bertz CT molecular complexity index is 884. The molecule has 1 saturated carbocycles. The van der Waals surface area contributed by atoms with Gasteiger partial charge in [-0.1, -0.05) is 18.9 Å². The molecule has 128 valence electrons. The van der Waals surface area contributed by atoms with Crippen LogP contribution in [0.25, 0.3) is 10.9 Å². The van der Waals surface area contributed by atoms with E-state index in [1.807, 2.05) is 41.1 Å². The molecule has 6 heteroatoms. The van der Waals surface area contributed by atoms with Crippen LogP contribution >= 0.6 is 0 Å². The molecule has 25 heavy (non-hydrogen) atoms. The van der Waals surface area contributed by atoms with Crippen molar-refractivity contribution in [2.75, 3.05) is 11.9 Å². The third-order valence-corrected chi connectivity index (χ3v) is 4.55. The Morgan fingerprint density at radius 1 is 1.20 bits per heavy atom. The molecule has 6 nitrogen and oxygen atoms in total. The predicted octanol–water partition coefficient (Wildman–Crippen LogP) is 3.56. The fourth-order valence-corrected chi connectivity index (χ4v) is 3.32. The molecule has 0 bridgehead atoms. The first kappa shape index (κ1) is 15.6. The zero-order valence-electron chi connectivity index (χ0n) is 13.9. The fourth-order valence-electron chi connectivity index (χ4n) is 3.32. The molecule has 2 aromatic heterocycles. The van der Waals surface area contributed by atoms with Gasteiger partial charge in [0.15, 0.2) is 6.61 Å². The number of hydrogen-bond acceptors (Lipinski definition) is 4. The number of pyridine rings is 1. The molecule has 2 heterocycles. The van der Waals surface area contributed by atoms with Crippen molar-refractivity contribution in [3.05, 3.63) is 48.8 Å². The summed E-state index contributed by atoms with van der Waals surface area (Å²) < 4.78 is 7.54. The summed E-state index contributed by atoms with van der Waals surface area (Å²) >= 11 is 0. The van der Waals surface area contributed by atoms with Crippen LogP contribution in [0.3, 0.4) is 0 Å². The minimum atomic E-state index is -0.189. The van der Waals surface area contributed by atoms with E-state index in [0.717, 1.165) is 29.6 Å². The lowest BCUT2D eigenvalue weighted by Gasteiger charge is -2.14. The van der Waals surface area contributed by atoms with E-state index in [1.165, 1.54) is 12.8 Å². The number of fused-ring (bicyclic) bond motifs is 1. The molecule has 1 amide bonds. The first-order valence-corrected chi connectivity index (χ1v) is 8.60. The number of benzene rings is 1. The number of anilines is 1. The summed E-state index contributed by atoms with van der Waals surface area (Å²) in [7, 11) is 0. The van der Waals surface area contributed by atoms with Crippen molar-refractivity contribution >= 4 is 22.6 Å². The monoisotopic (exact) mass is 336 g/mol.